The van der Waals surface area contributed by atoms with Gasteiger partial charge < -0.3 is 15.0 Å². The van der Waals surface area contributed by atoms with Crippen molar-refractivity contribution in [2.45, 2.75) is 39.3 Å². The van der Waals surface area contributed by atoms with Gasteiger partial charge in [0, 0.05) is 31.7 Å². The van der Waals surface area contributed by atoms with Crippen molar-refractivity contribution in [3.05, 3.63) is 35.4 Å². The first-order chi connectivity index (χ1) is 10.7. The molecule has 1 amide bonds. The van der Waals surface area contributed by atoms with Gasteiger partial charge in [-0.3, -0.25) is 0 Å². The Labute approximate surface area is 135 Å². The smallest absolute Gasteiger partial charge is 0.410 e. The van der Waals surface area contributed by atoms with Crippen LogP contribution in [0.1, 0.15) is 32.8 Å². The number of carbonyl (C=O) groups is 1. The van der Waals surface area contributed by atoms with Gasteiger partial charge >= 0.3 is 6.09 Å². The van der Waals surface area contributed by atoms with E-state index >= 15 is 0 Å². The predicted octanol–water partition coefficient (Wildman–Crippen LogP) is 3.31. The molecule has 1 aliphatic rings. The van der Waals surface area contributed by atoms with E-state index < -0.39 is 17.2 Å². The first-order valence-corrected chi connectivity index (χ1v) is 7.87. The number of amides is 1. The molecule has 1 unspecified atom stereocenters. The van der Waals surface area contributed by atoms with Gasteiger partial charge in [-0.2, -0.15) is 0 Å². The summed E-state index contributed by atoms with van der Waals surface area (Å²) in [6, 6.07) is 3.44. The topological polar surface area (TPSA) is 41.6 Å². The molecule has 1 atom stereocenters. The average Bonchev–Trinajstić information content (AvgIpc) is 2.90. The number of nitrogens with zero attached hydrogens (tertiary/aromatic N) is 1. The van der Waals surface area contributed by atoms with Crippen molar-refractivity contribution in [2.75, 3.05) is 19.6 Å². The molecule has 128 valence electrons. The second-order valence-electron chi connectivity index (χ2n) is 6.95. The molecule has 0 radical (unpaired) electrons. The van der Waals surface area contributed by atoms with E-state index in [0.29, 0.717) is 31.1 Å². The standard InChI is InChI=1S/C17H24F2N2O2/c1-17(2,3)23-16(22)21-7-6-12(11-21)9-20-10-13-8-14(18)4-5-15(13)19/h4-5,8,12,20H,6-7,9-11H2,1-3H3. The molecule has 0 spiro atoms. The van der Waals surface area contributed by atoms with E-state index in [1.807, 2.05) is 20.8 Å². The molecule has 0 aliphatic carbocycles. The first kappa shape index (κ1) is 17.7. The van der Waals surface area contributed by atoms with Gasteiger partial charge in [0.15, 0.2) is 0 Å². The van der Waals surface area contributed by atoms with Crippen molar-refractivity contribution in [1.29, 1.82) is 0 Å². The summed E-state index contributed by atoms with van der Waals surface area (Å²) in [5.41, 5.74) is -0.186. The van der Waals surface area contributed by atoms with Crippen LogP contribution >= 0.6 is 0 Å². The molecule has 23 heavy (non-hydrogen) atoms. The van der Waals surface area contributed by atoms with Crippen LogP contribution in [-0.4, -0.2) is 36.2 Å². The number of rotatable bonds is 4. The Kier molecular flexibility index (Phi) is 5.57. The van der Waals surface area contributed by atoms with Gasteiger partial charge in [0.25, 0.3) is 0 Å². The van der Waals surface area contributed by atoms with Crippen molar-refractivity contribution in [2.24, 2.45) is 5.92 Å². The third-order valence-corrected chi connectivity index (χ3v) is 3.69. The minimum Gasteiger partial charge on any atom is -0.444 e. The van der Waals surface area contributed by atoms with E-state index in [1.165, 1.54) is 6.07 Å². The van der Waals surface area contributed by atoms with E-state index in [9.17, 15) is 13.6 Å². The number of likely N-dealkylation sites (tertiary alicyclic amines) is 1. The minimum atomic E-state index is -0.498. The molecule has 1 aromatic rings. The SMILES string of the molecule is CC(C)(C)OC(=O)N1CCC(CNCc2cc(F)ccc2F)C1. The summed E-state index contributed by atoms with van der Waals surface area (Å²) in [7, 11) is 0. The summed E-state index contributed by atoms with van der Waals surface area (Å²) < 4.78 is 32.0. The van der Waals surface area contributed by atoms with Gasteiger partial charge in [-0.25, -0.2) is 13.6 Å². The third-order valence-electron chi connectivity index (χ3n) is 3.69. The van der Waals surface area contributed by atoms with Crippen LogP contribution in [0.2, 0.25) is 0 Å². The Hall–Kier alpha value is -1.69. The summed E-state index contributed by atoms with van der Waals surface area (Å²) in [6.07, 6.45) is 0.578. The molecule has 1 saturated heterocycles. The summed E-state index contributed by atoms with van der Waals surface area (Å²) >= 11 is 0. The van der Waals surface area contributed by atoms with Gasteiger partial charge in [-0.05, 0) is 51.3 Å². The van der Waals surface area contributed by atoms with Crippen molar-refractivity contribution in [1.82, 2.24) is 10.2 Å². The lowest BCUT2D eigenvalue weighted by atomic mass is 10.1. The quantitative estimate of drug-likeness (QED) is 0.923. The average molecular weight is 326 g/mol. The molecular formula is C17H24F2N2O2. The monoisotopic (exact) mass is 326 g/mol. The number of hydrogen-bond donors (Lipinski definition) is 1. The maximum atomic E-state index is 13.5. The van der Waals surface area contributed by atoms with E-state index in [-0.39, 0.29) is 12.6 Å². The molecule has 4 nitrogen and oxygen atoms in total. The fraction of sp³-hybridized carbons (Fsp3) is 0.588. The van der Waals surface area contributed by atoms with Gasteiger partial charge in [-0.15, -0.1) is 0 Å². The number of ether oxygens (including phenoxy) is 1. The highest BCUT2D eigenvalue weighted by molar-refractivity contribution is 5.68. The third kappa shape index (κ3) is 5.46. The van der Waals surface area contributed by atoms with Crippen molar-refractivity contribution < 1.29 is 18.3 Å². The van der Waals surface area contributed by atoms with Gasteiger partial charge in [-0.1, -0.05) is 0 Å². The summed E-state index contributed by atoms with van der Waals surface area (Å²) in [4.78, 5) is 13.7. The van der Waals surface area contributed by atoms with Gasteiger partial charge in [0.2, 0.25) is 0 Å². The Balaban J connectivity index is 1.76. The first-order valence-electron chi connectivity index (χ1n) is 7.87. The Morgan fingerprint density at radius 3 is 2.83 bits per heavy atom. The van der Waals surface area contributed by atoms with Crippen LogP contribution in [0.3, 0.4) is 0 Å². The van der Waals surface area contributed by atoms with Crippen molar-refractivity contribution in [3.8, 4) is 0 Å². The zero-order valence-electron chi connectivity index (χ0n) is 13.9. The fourth-order valence-corrected chi connectivity index (χ4v) is 2.58. The van der Waals surface area contributed by atoms with Crippen LogP contribution < -0.4 is 5.32 Å². The van der Waals surface area contributed by atoms with E-state index in [4.69, 9.17) is 4.74 Å². The van der Waals surface area contributed by atoms with E-state index in [0.717, 1.165) is 18.6 Å². The highest BCUT2D eigenvalue weighted by Crippen LogP contribution is 2.19. The molecule has 0 saturated carbocycles. The van der Waals surface area contributed by atoms with E-state index in [1.54, 1.807) is 4.90 Å². The second-order valence-corrected chi connectivity index (χ2v) is 6.95. The number of nitrogens with one attached hydrogen (secondary N) is 1. The van der Waals surface area contributed by atoms with Crippen molar-refractivity contribution >= 4 is 6.09 Å². The Morgan fingerprint density at radius 1 is 1.39 bits per heavy atom. The molecule has 1 N–H and O–H groups in total. The second kappa shape index (κ2) is 7.25. The number of hydrogen-bond acceptors (Lipinski definition) is 3. The van der Waals surface area contributed by atoms with Crippen LogP contribution in [0.15, 0.2) is 18.2 Å². The molecule has 6 heteroatoms. The number of benzene rings is 1. The van der Waals surface area contributed by atoms with E-state index in [2.05, 4.69) is 5.32 Å². The zero-order valence-corrected chi connectivity index (χ0v) is 13.9. The van der Waals surface area contributed by atoms with Crippen LogP contribution in [0.4, 0.5) is 13.6 Å². The molecular weight excluding hydrogens is 302 g/mol. The number of halogens is 2. The maximum absolute atomic E-state index is 13.5. The van der Waals surface area contributed by atoms with Crippen LogP contribution in [-0.2, 0) is 11.3 Å². The van der Waals surface area contributed by atoms with Crippen molar-refractivity contribution in [3.63, 3.8) is 0 Å². The van der Waals surface area contributed by atoms with Gasteiger partial charge in [0.1, 0.15) is 17.2 Å². The Bertz CT molecular complexity index is 558. The normalized spacial score (nSPS) is 18.3. The van der Waals surface area contributed by atoms with Crippen LogP contribution in [0, 0.1) is 17.6 Å². The van der Waals surface area contributed by atoms with Gasteiger partial charge in [0.05, 0.1) is 0 Å². The molecule has 0 aromatic heterocycles. The summed E-state index contributed by atoms with van der Waals surface area (Å²) in [5, 5.41) is 3.13. The molecule has 1 aromatic carbocycles. The minimum absolute atomic E-state index is 0.270. The summed E-state index contributed by atoms with van der Waals surface area (Å²) in [6.45, 7) is 7.72. The fourth-order valence-electron chi connectivity index (χ4n) is 2.58. The lowest BCUT2D eigenvalue weighted by Gasteiger charge is -2.24. The number of carbonyl (C=O) groups excluding carboxylic acids is 1. The molecule has 1 fully saturated rings. The largest absolute Gasteiger partial charge is 0.444 e. The predicted molar refractivity (Wildman–Crippen MR) is 84.0 cm³/mol. The lowest BCUT2D eigenvalue weighted by molar-refractivity contribution is 0.0288. The molecule has 0 bridgehead atoms. The maximum Gasteiger partial charge on any atom is 0.410 e. The highest BCUT2D eigenvalue weighted by Gasteiger charge is 2.29. The lowest BCUT2D eigenvalue weighted by Crippen LogP contribution is -2.36. The molecule has 1 heterocycles. The highest BCUT2D eigenvalue weighted by atomic mass is 19.1. The van der Waals surface area contributed by atoms with Crippen LogP contribution in [0.25, 0.3) is 0 Å². The summed E-state index contributed by atoms with van der Waals surface area (Å²) in [5.74, 6) is -0.569. The molecule has 2 rings (SSSR count). The zero-order chi connectivity index (χ0) is 17.0. The Morgan fingerprint density at radius 2 is 2.13 bits per heavy atom. The van der Waals surface area contributed by atoms with Crippen LogP contribution in [0.5, 0.6) is 0 Å². The molecule has 1 aliphatic heterocycles.